The molecule has 0 aliphatic carbocycles. The van der Waals surface area contributed by atoms with Crippen molar-refractivity contribution in [2.75, 3.05) is 0 Å². The van der Waals surface area contributed by atoms with E-state index >= 15 is 0 Å². The quantitative estimate of drug-likeness (QED) is 0.370. The zero-order valence-corrected chi connectivity index (χ0v) is 16.5. The highest BCUT2D eigenvalue weighted by atomic mass is 31.2. The van der Waals surface area contributed by atoms with E-state index in [1.54, 1.807) is 66.7 Å². The van der Waals surface area contributed by atoms with E-state index in [2.05, 4.69) is 0 Å². The minimum absolute atomic E-state index is 0.196. The van der Waals surface area contributed by atoms with E-state index in [0.717, 1.165) is 0 Å². The smallest absolute Gasteiger partial charge is 0.386 e. The Morgan fingerprint density at radius 3 is 1.83 bits per heavy atom. The number of hydrogen-bond donors (Lipinski definition) is 0. The van der Waals surface area contributed by atoms with Crippen LogP contribution in [0.2, 0.25) is 0 Å². The maximum Gasteiger partial charge on any atom is 0.647 e. The van der Waals surface area contributed by atoms with Crippen LogP contribution in [-0.4, -0.2) is 10.5 Å². The van der Waals surface area contributed by atoms with Crippen LogP contribution in [0.4, 0.5) is 0 Å². The van der Waals surface area contributed by atoms with Crippen LogP contribution >= 0.6 is 7.82 Å². The summed E-state index contributed by atoms with van der Waals surface area (Å²) in [5, 5.41) is 0.622. The molecular weight excluding hydrogens is 389 g/mol. The fourth-order valence-corrected chi connectivity index (χ4v) is 4.14. The van der Waals surface area contributed by atoms with Gasteiger partial charge in [0.2, 0.25) is 5.91 Å². The SMILES string of the molecule is CC(=O)n1cc(OP(=O)(Oc2ccccc2)Oc2ccccc2)c2ccccc21. The zero-order valence-electron chi connectivity index (χ0n) is 15.6. The third-order valence-corrected chi connectivity index (χ3v) is 5.43. The number of carbonyl (C=O) groups is 1. The average molecular weight is 407 g/mol. The molecule has 0 aliphatic heterocycles. The van der Waals surface area contributed by atoms with Crippen molar-refractivity contribution >= 4 is 24.6 Å². The summed E-state index contributed by atoms with van der Waals surface area (Å²) in [6, 6.07) is 24.4. The van der Waals surface area contributed by atoms with Gasteiger partial charge in [-0.15, -0.1) is 0 Å². The van der Waals surface area contributed by atoms with Crippen molar-refractivity contribution < 1.29 is 22.9 Å². The number of phosphoric acid groups is 1. The Hall–Kier alpha value is -3.50. The second kappa shape index (κ2) is 7.86. The van der Waals surface area contributed by atoms with Crippen molar-refractivity contribution in [1.29, 1.82) is 0 Å². The first-order chi connectivity index (χ1) is 14.0. The maximum absolute atomic E-state index is 13.6. The van der Waals surface area contributed by atoms with Gasteiger partial charge in [0.05, 0.1) is 11.7 Å². The van der Waals surface area contributed by atoms with Gasteiger partial charge in [-0.2, -0.15) is 4.57 Å². The van der Waals surface area contributed by atoms with Crippen LogP contribution in [0, 0.1) is 0 Å². The number of hydrogen-bond acceptors (Lipinski definition) is 5. The number of aromatic nitrogens is 1. The summed E-state index contributed by atoms with van der Waals surface area (Å²) < 4.78 is 32.1. The van der Waals surface area contributed by atoms with Crippen LogP contribution in [0.1, 0.15) is 11.7 Å². The molecule has 0 unspecified atom stereocenters. The molecule has 0 saturated heterocycles. The van der Waals surface area contributed by atoms with Crippen molar-refractivity contribution in [3.63, 3.8) is 0 Å². The third kappa shape index (κ3) is 4.18. The number of fused-ring (bicyclic) bond motifs is 1. The minimum Gasteiger partial charge on any atom is -0.386 e. The third-order valence-electron chi connectivity index (χ3n) is 4.15. The molecule has 3 aromatic carbocycles. The largest absolute Gasteiger partial charge is 0.647 e. The predicted molar refractivity (Wildman–Crippen MR) is 111 cm³/mol. The summed E-state index contributed by atoms with van der Waals surface area (Å²) in [7, 11) is -4.13. The van der Waals surface area contributed by atoms with E-state index in [1.807, 2.05) is 18.2 Å². The first-order valence-corrected chi connectivity index (χ1v) is 10.4. The lowest BCUT2D eigenvalue weighted by Gasteiger charge is -2.19. The van der Waals surface area contributed by atoms with Gasteiger partial charge in [0.15, 0.2) is 5.75 Å². The van der Waals surface area contributed by atoms with Gasteiger partial charge >= 0.3 is 7.82 Å². The molecule has 0 aliphatic rings. The second-order valence-corrected chi connectivity index (χ2v) is 7.69. The zero-order chi connectivity index (χ0) is 20.3. The van der Waals surface area contributed by atoms with Gasteiger partial charge in [0.25, 0.3) is 0 Å². The Kier molecular flexibility index (Phi) is 5.10. The van der Waals surface area contributed by atoms with Gasteiger partial charge in [0, 0.05) is 12.3 Å². The van der Waals surface area contributed by atoms with Crippen LogP contribution in [-0.2, 0) is 4.57 Å². The molecule has 146 valence electrons. The topological polar surface area (TPSA) is 66.8 Å². The van der Waals surface area contributed by atoms with Crippen molar-refractivity contribution in [3.05, 3.63) is 91.1 Å². The fraction of sp³-hybridized carbons (Fsp3) is 0.0455. The Labute approximate surface area is 167 Å². The molecule has 29 heavy (non-hydrogen) atoms. The molecule has 1 heterocycles. The molecule has 0 atom stereocenters. The Balaban J connectivity index is 1.75. The summed E-state index contributed by atoms with van der Waals surface area (Å²) in [4.78, 5) is 12.0. The first kappa shape index (κ1) is 18.8. The van der Waals surface area contributed by atoms with Crippen LogP contribution in [0.5, 0.6) is 17.2 Å². The number of benzene rings is 3. The van der Waals surface area contributed by atoms with Crippen LogP contribution in [0.15, 0.2) is 91.1 Å². The van der Waals surface area contributed by atoms with E-state index < -0.39 is 7.82 Å². The summed E-state index contributed by atoms with van der Waals surface area (Å²) in [5.74, 6) is 0.703. The van der Waals surface area contributed by atoms with Gasteiger partial charge in [-0.3, -0.25) is 9.36 Å². The molecule has 4 aromatic rings. The molecule has 0 bridgehead atoms. The highest BCUT2D eigenvalue weighted by Gasteiger charge is 2.34. The van der Waals surface area contributed by atoms with Gasteiger partial charge in [0.1, 0.15) is 11.5 Å². The lowest BCUT2D eigenvalue weighted by molar-refractivity contribution is 0.0941. The molecular formula is C22H18NO5P. The lowest BCUT2D eigenvalue weighted by Crippen LogP contribution is -2.07. The normalized spacial score (nSPS) is 11.2. The number of phosphoric ester groups is 1. The number of para-hydroxylation sites is 3. The molecule has 0 N–H and O–H groups in total. The highest BCUT2D eigenvalue weighted by molar-refractivity contribution is 7.49. The molecule has 0 spiro atoms. The molecule has 6 nitrogen and oxygen atoms in total. The van der Waals surface area contributed by atoms with Crippen LogP contribution < -0.4 is 13.6 Å². The van der Waals surface area contributed by atoms with Crippen LogP contribution in [0.25, 0.3) is 10.9 Å². The molecule has 0 fully saturated rings. The first-order valence-electron chi connectivity index (χ1n) is 8.94. The second-order valence-electron chi connectivity index (χ2n) is 6.25. The fourth-order valence-electron chi connectivity index (χ4n) is 2.88. The summed E-state index contributed by atoms with van der Waals surface area (Å²) in [6.07, 6.45) is 1.49. The Bertz CT molecular complexity index is 1140. The molecule has 1 aromatic heterocycles. The summed E-state index contributed by atoms with van der Waals surface area (Å²) in [5.41, 5.74) is 0.640. The Morgan fingerprint density at radius 1 is 0.759 bits per heavy atom. The van der Waals surface area contributed by atoms with Gasteiger partial charge in [-0.25, -0.2) is 0 Å². The van der Waals surface area contributed by atoms with Crippen molar-refractivity contribution in [2.24, 2.45) is 0 Å². The lowest BCUT2D eigenvalue weighted by atomic mass is 10.2. The van der Waals surface area contributed by atoms with E-state index in [1.165, 1.54) is 17.7 Å². The van der Waals surface area contributed by atoms with E-state index in [4.69, 9.17) is 13.6 Å². The maximum atomic E-state index is 13.6. The molecule has 0 radical (unpaired) electrons. The average Bonchev–Trinajstić information content (AvgIpc) is 3.08. The number of nitrogens with zero attached hydrogens (tertiary/aromatic N) is 1. The number of rotatable bonds is 6. The van der Waals surface area contributed by atoms with Crippen molar-refractivity contribution in [3.8, 4) is 17.2 Å². The molecule has 0 saturated carbocycles. The molecule has 0 amide bonds. The van der Waals surface area contributed by atoms with Gasteiger partial charge in [-0.05, 0) is 36.4 Å². The Morgan fingerprint density at radius 2 is 1.28 bits per heavy atom. The monoisotopic (exact) mass is 407 g/mol. The van der Waals surface area contributed by atoms with Crippen molar-refractivity contribution in [2.45, 2.75) is 6.92 Å². The molecule has 7 heteroatoms. The standard InChI is InChI=1S/C22H18NO5P/c1-17(24)23-16-22(20-14-8-9-15-21(20)23)28-29(25,26-18-10-4-2-5-11-18)27-19-12-6-3-7-13-19/h2-16H,1H3. The molecule has 4 rings (SSSR count). The summed E-state index contributed by atoms with van der Waals surface area (Å²) in [6.45, 7) is 1.44. The number of carbonyl (C=O) groups excluding carboxylic acids is 1. The van der Waals surface area contributed by atoms with Gasteiger partial charge in [-0.1, -0.05) is 48.5 Å². The van der Waals surface area contributed by atoms with Crippen LogP contribution in [0.3, 0.4) is 0 Å². The van der Waals surface area contributed by atoms with Gasteiger partial charge < -0.3 is 13.6 Å². The van der Waals surface area contributed by atoms with E-state index in [0.29, 0.717) is 22.4 Å². The van der Waals surface area contributed by atoms with E-state index in [9.17, 15) is 9.36 Å². The minimum atomic E-state index is -4.13. The van der Waals surface area contributed by atoms with E-state index in [-0.39, 0.29) is 11.7 Å². The predicted octanol–water partition coefficient (Wildman–Crippen LogP) is 5.95. The summed E-state index contributed by atoms with van der Waals surface area (Å²) >= 11 is 0. The van der Waals surface area contributed by atoms with Crippen molar-refractivity contribution in [1.82, 2.24) is 4.57 Å². The highest BCUT2D eigenvalue weighted by Crippen LogP contribution is 2.51.